The van der Waals surface area contributed by atoms with E-state index < -0.39 is 0 Å². The van der Waals surface area contributed by atoms with Gasteiger partial charge in [-0.2, -0.15) is 5.26 Å². The predicted molar refractivity (Wildman–Crippen MR) is 99.0 cm³/mol. The van der Waals surface area contributed by atoms with Crippen LogP contribution in [0.15, 0.2) is 66.9 Å². The van der Waals surface area contributed by atoms with Gasteiger partial charge in [0.1, 0.15) is 5.69 Å². The van der Waals surface area contributed by atoms with Crippen molar-refractivity contribution in [3.8, 4) is 6.07 Å². The topological polar surface area (TPSA) is 90.7 Å². The molecule has 0 radical (unpaired) electrons. The number of carbonyl (C=O) groups excluding carboxylic acids is 1. The molecule has 6 nitrogen and oxygen atoms in total. The standard InChI is InChI=1S/C20H17N5O/c21-14-16-6-8-17(9-7-16)24-20-23-13-11-18(25-20)19(26)22-12-10-15-4-2-1-3-5-15/h1-9,11,13H,10,12H2,(H,22,26)(H,23,24,25). The predicted octanol–water partition coefficient (Wildman–Crippen LogP) is 3.06. The average Bonchev–Trinajstić information content (AvgIpc) is 2.69. The van der Waals surface area contributed by atoms with Crippen molar-refractivity contribution in [1.82, 2.24) is 15.3 Å². The van der Waals surface area contributed by atoms with Gasteiger partial charge < -0.3 is 10.6 Å². The van der Waals surface area contributed by atoms with Gasteiger partial charge in [-0.15, -0.1) is 0 Å². The monoisotopic (exact) mass is 343 g/mol. The molecule has 3 rings (SSSR count). The first-order valence-electron chi connectivity index (χ1n) is 8.17. The van der Waals surface area contributed by atoms with Crippen molar-refractivity contribution in [1.29, 1.82) is 5.26 Å². The van der Waals surface area contributed by atoms with Gasteiger partial charge >= 0.3 is 0 Å². The minimum Gasteiger partial charge on any atom is -0.350 e. The number of nitrogens with one attached hydrogen (secondary N) is 2. The minimum absolute atomic E-state index is 0.244. The Labute approximate surface area is 151 Å². The van der Waals surface area contributed by atoms with E-state index in [1.165, 1.54) is 11.8 Å². The van der Waals surface area contributed by atoms with Gasteiger partial charge in [0.15, 0.2) is 0 Å². The fourth-order valence-electron chi connectivity index (χ4n) is 2.36. The number of hydrogen-bond donors (Lipinski definition) is 2. The first-order valence-corrected chi connectivity index (χ1v) is 8.17. The molecule has 26 heavy (non-hydrogen) atoms. The molecule has 0 aliphatic heterocycles. The average molecular weight is 343 g/mol. The zero-order valence-electron chi connectivity index (χ0n) is 14.0. The van der Waals surface area contributed by atoms with Crippen LogP contribution in [0.25, 0.3) is 0 Å². The van der Waals surface area contributed by atoms with E-state index in [-0.39, 0.29) is 5.91 Å². The molecular formula is C20H17N5O. The highest BCUT2D eigenvalue weighted by atomic mass is 16.1. The van der Waals surface area contributed by atoms with Crippen LogP contribution in [0.3, 0.4) is 0 Å². The fourth-order valence-corrected chi connectivity index (χ4v) is 2.36. The van der Waals surface area contributed by atoms with Gasteiger partial charge in [-0.05, 0) is 42.3 Å². The highest BCUT2D eigenvalue weighted by molar-refractivity contribution is 5.92. The van der Waals surface area contributed by atoms with E-state index in [1.807, 2.05) is 30.3 Å². The van der Waals surface area contributed by atoms with Crippen LogP contribution < -0.4 is 10.6 Å². The van der Waals surface area contributed by atoms with Crippen LogP contribution in [-0.2, 0) is 6.42 Å². The molecule has 1 heterocycles. The van der Waals surface area contributed by atoms with Crippen molar-refractivity contribution in [2.24, 2.45) is 0 Å². The molecule has 0 bridgehead atoms. The first kappa shape index (κ1) is 17.1. The molecule has 0 saturated heterocycles. The number of anilines is 2. The summed E-state index contributed by atoms with van der Waals surface area (Å²) in [6, 6.07) is 20.5. The number of nitrogens with zero attached hydrogens (tertiary/aromatic N) is 3. The zero-order valence-corrected chi connectivity index (χ0v) is 14.0. The lowest BCUT2D eigenvalue weighted by Crippen LogP contribution is -2.26. The highest BCUT2D eigenvalue weighted by Crippen LogP contribution is 2.13. The largest absolute Gasteiger partial charge is 0.350 e. The van der Waals surface area contributed by atoms with Crippen LogP contribution in [0.4, 0.5) is 11.6 Å². The summed E-state index contributed by atoms with van der Waals surface area (Å²) in [5, 5.41) is 14.7. The normalized spacial score (nSPS) is 9.96. The second-order valence-corrected chi connectivity index (χ2v) is 5.57. The number of benzene rings is 2. The molecule has 3 aromatic rings. The Kier molecular flexibility index (Phi) is 5.53. The maximum absolute atomic E-state index is 12.3. The third-order valence-electron chi connectivity index (χ3n) is 3.70. The molecule has 1 aromatic heterocycles. The molecule has 1 amide bonds. The maximum atomic E-state index is 12.3. The summed E-state index contributed by atoms with van der Waals surface area (Å²) >= 11 is 0. The van der Waals surface area contributed by atoms with Crippen molar-refractivity contribution in [3.05, 3.63) is 83.7 Å². The van der Waals surface area contributed by atoms with E-state index in [1.54, 1.807) is 30.3 Å². The molecule has 0 unspecified atom stereocenters. The molecule has 6 heteroatoms. The Bertz CT molecular complexity index is 917. The van der Waals surface area contributed by atoms with Crippen molar-refractivity contribution < 1.29 is 4.79 Å². The number of amides is 1. The number of aromatic nitrogens is 2. The smallest absolute Gasteiger partial charge is 0.270 e. The Hall–Kier alpha value is -3.72. The van der Waals surface area contributed by atoms with Gasteiger partial charge in [0.2, 0.25) is 5.95 Å². The number of carbonyl (C=O) groups is 1. The third-order valence-corrected chi connectivity index (χ3v) is 3.70. The van der Waals surface area contributed by atoms with Crippen molar-refractivity contribution in [2.45, 2.75) is 6.42 Å². The number of hydrogen-bond acceptors (Lipinski definition) is 5. The molecule has 128 valence electrons. The Morgan fingerprint density at radius 3 is 2.54 bits per heavy atom. The molecule has 0 spiro atoms. The van der Waals surface area contributed by atoms with Gasteiger partial charge in [-0.25, -0.2) is 9.97 Å². The van der Waals surface area contributed by atoms with Gasteiger partial charge in [-0.3, -0.25) is 4.79 Å². The van der Waals surface area contributed by atoms with Gasteiger partial charge in [0, 0.05) is 18.4 Å². The first-order chi connectivity index (χ1) is 12.7. The van der Waals surface area contributed by atoms with E-state index in [2.05, 4.69) is 26.7 Å². The van der Waals surface area contributed by atoms with E-state index in [0.717, 1.165) is 12.1 Å². The molecule has 0 aliphatic rings. The SMILES string of the molecule is N#Cc1ccc(Nc2nccc(C(=O)NCCc3ccccc3)n2)cc1. The second-order valence-electron chi connectivity index (χ2n) is 5.57. The summed E-state index contributed by atoms with van der Waals surface area (Å²) in [5.41, 5.74) is 2.77. The molecule has 2 aromatic carbocycles. The van der Waals surface area contributed by atoms with E-state index >= 15 is 0 Å². The molecule has 0 fully saturated rings. The van der Waals surface area contributed by atoms with Gasteiger partial charge in [0.25, 0.3) is 5.91 Å². The number of rotatable bonds is 6. The van der Waals surface area contributed by atoms with Crippen LogP contribution >= 0.6 is 0 Å². The quantitative estimate of drug-likeness (QED) is 0.718. The second kappa shape index (κ2) is 8.40. The maximum Gasteiger partial charge on any atom is 0.270 e. The van der Waals surface area contributed by atoms with Crippen LogP contribution in [0.5, 0.6) is 0 Å². The molecule has 2 N–H and O–H groups in total. The minimum atomic E-state index is -0.244. The van der Waals surface area contributed by atoms with Gasteiger partial charge in [-0.1, -0.05) is 30.3 Å². The zero-order chi connectivity index (χ0) is 18.2. The fraction of sp³-hybridized carbons (Fsp3) is 0.100. The van der Waals surface area contributed by atoms with Gasteiger partial charge in [0.05, 0.1) is 11.6 Å². The lowest BCUT2D eigenvalue weighted by molar-refractivity contribution is 0.0949. The summed E-state index contributed by atoms with van der Waals surface area (Å²) in [5.74, 6) is 0.0802. The van der Waals surface area contributed by atoms with Crippen molar-refractivity contribution in [2.75, 3.05) is 11.9 Å². The summed E-state index contributed by atoms with van der Waals surface area (Å²) < 4.78 is 0. The summed E-state index contributed by atoms with van der Waals surface area (Å²) in [4.78, 5) is 20.6. The van der Waals surface area contributed by atoms with Crippen molar-refractivity contribution >= 4 is 17.5 Å². The molecule has 0 saturated carbocycles. The Morgan fingerprint density at radius 1 is 1.04 bits per heavy atom. The highest BCUT2D eigenvalue weighted by Gasteiger charge is 2.08. The Morgan fingerprint density at radius 2 is 1.81 bits per heavy atom. The van der Waals surface area contributed by atoms with E-state index in [9.17, 15) is 4.79 Å². The lowest BCUT2D eigenvalue weighted by Gasteiger charge is -2.07. The van der Waals surface area contributed by atoms with Crippen molar-refractivity contribution in [3.63, 3.8) is 0 Å². The Balaban J connectivity index is 1.59. The van der Waals surface area contributed by atoms with Crippen LogP contribution in [0.1, 0.15) is 21.6 Å². The van der Waals surface area contributed by atoms with E-state index in [0.29, 0.717) is 23.8 Å². The van der Waals surface area contributed by atoms with Crippen LogP contribution in [0.2, 0.25) is 0 Å². The third kappa shape index (κ3) is 4.65. The summed E-state index contributed by atoms with van der Waals surface area (Å²) in [6.45, 7) is 0.533. The van der Waals surface area contributed by atoms with Crippen LogP contribution in [0, 0.1) is 11.3 Å². The number of nitriles is 1. The summed E-state index contributed by atoms with van der Waals surface area (Å²) in [7, 11) is 0. The summed E-state index contributed by atoms with van der Waals surface area (Å²) in [6.07, 6.45) is 2.29. The van der Waals surface area contributed by atoms with Crippen LogP contribution in [-0.4, -0.2) is 22.4 Å². The molecule has 0 aliphatic carbocycles. The van der Waals surface area contributed by atoms with E-state index in [4.69, 9.17) is 5.26 Å². The molecule has 0 atom stereocenters. The lowest BCUT2D eigenvalue weighted by atomic mass is 10.1. The molecular weight excluding hydrogens is 326 g/mol.